The van der Waals surface area contributed by atoms with Crippen LogP contribution in [0.3, 0.4) is 0 Å². The zero-order chi connectivity index (χ0) is 19.5. The summed E-state index contributed by atoms with van der Waals surface area (Å²) in [6.07, 6.45) is 0.775. The molecule has 2 N–H and O–H groups in total. The van der Waals surface area contributed by atoms with Crippen molar-refractivity contribution in [3.63, 3.8) is 0 Å². The Morgan fingerprint density at radius 2 is 1.70 bits per heavy atom. The highest BCUT2D eigenvalue weighted by atomic mass is 16.5. The maximum atomic E-state index is 11.9. The van der Waals surface area contributed by atoms with Gasteiger partial charge in [-0.15, -0.1) is 0 Å². The Morgan fingerprint density at radius 1 is 1.00 bits per heavy atom. The summed E-state index contributed by atoms with van der Waals surface area (Å²) in [5.41, 5.74) is 0.576. The first-order chi connectivity index (χ1) is 13.1. The molecule has 0 unspecified atom stereocenters. The third-order valence-electron chi connectivity index (χ3n) is 3.71. The molecule has 2 aromatic rings. The first-order valence-electron chi connectivity index (χ1n) is 8.68. The Morgan fingerprint density at radius 3 is 2.37 bits per heavy atom. The number of para-hydroxylation sites is 1. The number of amides is 3. The molecule has 144 valence electrons. The lowest BCUT2D eigenvalue weighted by atomic mass is 10.3. The average molecular weight is 371 g/mol. The standard InChI is InChI=1S/C20H25N3O4/c1-23(13-6-14-27-18-7-4-3-5-8-18)15-19(24)22-20(25)21-16-9-11-17(26-2)12-10-16/h3-5,7-12H,6,13-15H2,1-2H3,(H2,21,22,24,25). The molecule has 0 atom stereocenters. The van der Waals surface area contributed by atoms with E-state index in [0.717, 1.165) is 12.2 Å². The molecule has 2 rings (SSSR count). The predicted octanol–water partition coefficient (Wildman–Crippen LogP) is 2.74. The monoisotopic (exact) mass is 371 g/mol. The van der Waals surface area contributed by atoms with Crippen molar-refractivity contribution in [3.05, 3.63) is 54.6 Å². The summed E-state index contributed by atoms with van der Waals surface area (Å²) in [7, 11) is 3.39. The fraction of sp³-hybridized carbons (Fsp3) is 0.300. The van der Waals surface area contributed by atoms with Crippen LogP contribution in [0.25, 0.3) is 0 Å². The highest BCUT2D eigenvalue weighted by molar-refractivity contribution is 6.01. The van der Waals surface area contributed by atoms with E-state index in [9.17, 15) is 9.59 Å². The molecule has 0 bridgehead atoms. The SMILES string of the molecule is COc1ccc(NC(=O)NC(=O)CN(C)CCCOc2ccccc2)cc1. The number of nitrogens with zero attached hydrogens (tertiary/aromatic N) is 1. The highest BCUT2D eigenvalue weighted by Gasteiger charge is 2.10. The third kappa shape index (κ3) is 7.79. The minimum atomic E-state index is -0.564. The number of ether oxygens (including phenoxy) is 2. The topological polar surface area (TPSA) is 79.9 Å². The molecule has 0 aliphatic carbocycles. The Labute approximate surface area is 159 Å². The van der Waals surface area contributed by atoms with Gasteiger partial charge in [-0.25, -0.2) is 4.79 Å². The van der Waals surface area contributed by atoms with Crippen LogP contribution in [0.15, 0.2) is 54.6 Å². The van der Waals surface area contributed by atoms with E-state index in [2.05, 4.69) is 10.6 Å². The van der Waals surface area contributed by atoms with Gasteiger partial charge in [0, 0.05) is 12.2 Å². The molecule has 2 aromatic carbocycles. The van der Waals surface area contributed by atoms with E-state index >= 15 is 0 Å². The van der Waals surface area contributed by atoms with Gasteiger partial charge in [-0.05, 0) is 49.9 Å². The van der Waals surface area contributed by atoms with Crippen molar-refractivity contribution in [3.8, 4) is 11.5 Å². The van der Waals surface area contributed by atoms with E-state index in [1.54, 1.807) is 31.4 Å². The van der Waals surface area contributed by atoms with Gasteiger partial charge >= 0.3 is 6.03 Å². The van der Waals surface area contributed by atoms with E-state index in [0.29, 0.717) is 24.6 Å². The number of hydrogen-bond acceptors (Lipinski definition) is 5. The van der Waals surface area contributed by atoms with Crippen LogP contribution < -0.4 is 20.1 Å². The summed E-state index contributed by atoms with van der Waals surface area (Å²) >= 11 is 0. The highest BCUT2D eigenvalue weighted by Crippen LogP contribution is 2.14. The van der Waals surface area contributed by atoms with Crippen molar-refractivity contribution in [2.24, 2.45) is 0 Å². The lowest BCUT2D eigenvalue weighted by molar-refractivity contribution is -0.120. The lowest BCUT2D eigenvalue weighted by Gasteiger charge is -2.16. The average Bonchev–Trinajstić information content (AvgIpc) is 2.66. The zero-order valence-corrected chi connectivity index (χ0v) is 15.6. The Hall–Kier alpha value is -3.06. The molecule has 27 heavy (non-hydrogen) atoms. The second-order valence-electron chi connectivity index (χ2n) is 5.98. The molecule has 0 fully saturated rings. The Balaban J connectivity index is 1.62. The molecule has 0 radical (unpaired) electrons. The lowest BCUT2D eigenvalue weighted by Crippen LogP contribution is -2.41. The van der Waals surface area contributed by atoms with Gasteiger partial charge in [0.2, 0.25) is 5.91 Å². The van der Waals surface area contributed by atoms with Crippen molar-refractivity contribution >= 4 is 17.6 Å². The van der Waals surface area contributed by atoms with Crippen LogP contribution in [0.1, 0.15) is 6.42 Å². The maximum absolute atomic E-state index is 11.9. The number of methoxy groups -OCH3 is 1. The number of imide groups is 1. The van der Waals surface area contributed by atoms with Crippen LogP contribution in [0, 0.1) is 0 Å². The number of benzene rings is 2. The summed E-state index contributed by atoms with van der Waals surface area (Å²) in [5, 5.41) is 4.91. The molecule has 0 aliphatic heterocycles. The van der Waals surface area contributed by atoms with Crippen molar-refractivity contribution in [2.75, 3.05) is 39.2 Å². The van der Waals surface area contributed by atoms with Crippen LogP contribution in [0.2, 0.25) is 0 Å². The van der Waals surface area contributed by atoms with Crippen LogP contribution in [0.5, 0.6) is 11.5 Å². The van der Waals surface area contributed by atoms with Crippen molar-refractivity contribution in [1.29, 1.82) is 0 Å². The number of carbonyl (C=O) groups excluding carboxylic acids is 2. The predicted molar refractivity (Wildman–Crippen MR) is 104 cm³/mol. The number of nitrogens with one attached hydrogen (secondary N) is 2. The summed E-state index contributed by atoms with van der Waals surface area (Å²) in [4.78, 5) is 25.6. The minimum absolute atomic E-state index is 0.126. The molecule has 0 spiro atoms. The van der Waals surface area contributed by atoms with Gasteiger partial charge in [0.25, 0.3) is 0 Å². The largest absolute Gasteiger partial charge is 0.497 e. The number of carbonyl (C=O) groups is 2. The number of hydrogen-bond donors (Lipinski definition) is 2. The van der Waals surface area contributed by atoms with Crippen LogP contribution in [0.4, 0.5) is 10.5 Å². The fourth-order valence-corrected chi connectivity index (χ4v) is 2.37. The first kappa shape index (κ1) is 20.3. The van der Waals surface area contributed by atoms with Gasteiger partial charge in [0.1, 0.15) is 11.5 Å². The second kappa shape index (κ2) is 10.8. The van der Waals surface area contributed by atoms with Crippen LogP contribution in [-0.2, 0) is 4.79 Å². The quantitative estimate of drug-likeness (QED) is 0.663. The summed E-state index contributed by atoms with van der Waals surface area (Å²) < 4.78 is 10.7. The van der Waals surface area contributed by atoms with E-state index in [1.807, 2.05) is 42.3 Å². The number of anilines is 1. The fourth-order valence-electron chi connectivity index (χ4n) is 2.37. The smallest absolute Gasteiger partial charge is 0.325 e. The van der Waals surface area contributed by atoms with E-state index in [-0.39, 0.29) is 12.5 Å². The van der Waals surface area contributed by atoms with Crippen LogP contribution >= 0.6 is 0 Å². The molecule has 7 nitrogen and oxygen atoms in total. The van der Waals surface area contributed by atoms with Gasteiger partial charge < -0.3 is 14.8 Å². The van der Waals surface area contributed by atoms with Gasteiger partial charge in [-0.1, -0.05) is 18.2 Å². The summed E-state index contributed by atoms with van der Waals surface area (Å²) in [6, 6.07) is 15.9. The Kier molecular flexibility index (Phi) is 8.12. The third-order valence-corrected chi connectivity index (χ3v) is 3.71. The van der Waals surface area contributed by atoms with E-state index < -0.39 is 6.03 Å². The first-order valence-corrected chi connectivity index (χ1v) is 8.68. The summed E-state index contributed by atoms with van der Waals surface area (Å²) in [6.45, 7) is 1.37. The van der Waals surface area contributed by atoms with Crippen LogP contribution in [-0.4, -0.2) is 50.7 Å². The molecule has 7 heteroatoms. The van der Waals surface area contributed by atoms with Gasteiger partial charge in [-0.3, -0.25) is 15.0 Å². The molecule has 0 aromatic heterocycles. The van der Waals surface area contributed by atoms with Crippen molar-refractivity contribution in [2.45, 2.75) is 6.42 Å². The van der Waals surface area contributed by atoms with Crippen molar-refractivity contribution < 1.29 is 19.1 Å². The number of urea groups is 1. The molecule has 0 heterocycles. The second-order valence-corrected chi connectivity index (χ2v) is 5.98. The molecular weight excluding hydrogens is 346 g/mol. The van der Waals surface area contributed by atoms with E-state index in [4.69, 9.17) is 9.47 Å². The van der Waals surface area contributed by atoms with Gasteiger partial charge in [0.05, 0.1) is 20.3 Å². The van der Waals surface area contributed by atoms with Gasteiger partial charge in [-0.2, -0.15) is 0 Å². The molecule has 3 amide bonds. The number of rotatable bonds is 9. The molecular formula is C20H25N3O4. The molecule has 0 saturated heterocycles. The van der Waals surface area contributed by atoms with Gasteiger partial charge in [0.15, 0.2) is 0 Å². The minimum Gasteiger partial charge on any atom is -0.497 e. The zero-order valence-electron chi connectivity index (χ0n) is 15.6. The van der Waals surface area contributed by atoms with Crippen molar-refractivity contribution in [1.82, 2.24) is 10.2 Å². The summed E-state index contributed by atoms with van der Waals surface area (Å²) in [5.74, 6) is 1.15. The molecule has 0 saturated carbocycles. The molecule has 0 aliphatic rings. The number of likely N-dealkylation sites (N-methyl/N-ethyl adjacent to an activating group) is 1. The normalized spacial score (nSPS) is 10.3. The van der Waals surface area contributed by atoms with E-state index in [1.165, 1.54) is 0 Å². The maximum Gasteiger partial charge on any atom is 0.325 e. The Bertz CT molecular complexity index is 720.